The van der Waals surface area contributed by atoms with E-state index < -0.39 is 21.5 Å². The number of carbonyl (C=O) groups excluding carboxylic acids is 2. The van der Waals surface area contributed by atoms with Crippen LogP contribution in [0.5, 0.6) is 0 Å². The zero-order valence-electron chi connectivity index (χ0n) is 14.2. The number of Topliss-reactive ketones (excluding diaryl/α,β-unsaturated/α-hetero) is 1. The van der Waals surface area contributed by atoms with Gasteiger partial charge in [-0.05, 0) is 36.1 Å². The van der Waals surface area contributed by atoms with E-state index in [9.17, 15) is 18.0 Å². The number of carbonyl (C=O) groups is 2. The van der Waals surface area contributed by atoms with Gasteiger partial charge in [-0.15, -0.1) is 0 Å². The number of halogens is 1. The van der Waals surface area contributed by atoms with E-state index in [0.29, 0.717) is 28.4 Å². The third-order valence-electron chi connectivity index (χ3n) is 3.98. The van der Waals surface area contributed by atoms with Gasteiger partial charge in [-0.1, -0.05) is 36.8 Å². The van der Waals surface area contributed by atoms with E-state index in [1.165, 1.54) is 24.3 Å². The number of hydrogen-bond donors (Lipinski definition) is 1. The Labute approximate surface area is 160 Å². The smallest absolute Gasteiger partial charge is 0.241 e. The summed E-state index contributed by atoms with van der Waals surface area (Å²) in [7, 11) is -3.79. The van der Waals surface area contributed by atoms with Crippen LogP contribution in [0.15, 0.2) is 29.2 Å². The molecule has 0 saturated carbocycles. The Balaban J connectivity index is 1.73. The summed E-state index contributed by atoms with van der Waals surface area (Å²) in [5, 5.41) is 3.15. The average Bonchev–Trinajstić information content (AvgIpc) is 2.88. The lowest BCUT2D eigenvalue weighted by Gasteiger charge is -2.26. The Morgan fingerprint density at radius 3 is 2.58 bits per heavy atom. The van der Waals surface area contributed by atoms with Gasteiger partial charge in [0.05, 0.1) is 15.5 Å². The Bertz CT molecular complexity index is 979. The minimum atomic E-state index is -3.79. The average molecular weight is 413 g/mol. The number of ketones is 1. The summed E-state index contributed by atoms with van der Waals surface area (Å²) >= 11 is 6.84. The van der Waals surface area contributed by atoms with Crippen molar-refractivity contribution < 1.29 is 18.0 Å². The van der Waals surface area contributed by atoms with E-state index in [2.05, 4.69) is 10.3 Å². The molecule has 1 aromatic heterocycles. The zero-order valence-corrected chi connectivity index (χ0v) is 16.6. The fraction of sp³-hybridized carbons (Fsp3) is 0.353. The van der Waals surface area contributed by atoms with E-state index in [1.54, 1.807) is 0 Å². The van der Waals surface area contributed by atoms with Gasteiger partial charge in [0.25, 0.3) is 0 Å². The molecule has 1 aromatic carbocycles. The Kier molecular flexibility index (Phi) is 4.94. The first-order valence-corrected chi connectivity index (χ1v) is 10.7. The van der Waals surface area contributed by atoms with E-state index in [0.717, 1.165) is 11.3 Å². The van der Waals surface area contributed by atoms with Crippen LogP contribution in [0.2, 0.25) is 5.02 Å². The van der Waals surface area contributed by atoms with Crippen LogP contribution in [0.1, 0.15) is 35.6 Å². The number of amides is 1. The molecule has 0 fully saturated rings. The van der Waals surface area contributed by atoms with Gasteiger partial charge < -0.3 is 5.32 Å². The molecule has 1 aliphatic rings. The largest absolute Gasteiger partial charge is 0.301 e. The number of benzene rings is 1. The highest BCUT2D eigenvalue weighted by Crippen LogP contribution is 2.38. The maximum atomic E-state index is 12.3. The molecule has 6 nitrogen and oxygen atoms in total. The summed E-state index contributed by atoms with van der Waals surface area (Å²) in [6.45, 7) is 3.98. The summed E-state index contributed by atoms with van der Waals surface area (Å²) in [6.07, 6.45) is 1.07. The summed E-state index contributed by atoms with van der Waals surface area (Å²) in [5.74, 6) is -1.40. The highest BCUT2D eigenvalue weighted by atomic mass is 35.5. The first-order valence-electron chi connectivity index (χ1n) is 7.87. The molecule has 26 heavy (non-hydrogen) atoms. The molecule has 0 atom stereocenters. The molecule has 1 amide bonds. The van der Waals surface area contributed by atoms with Gasteiger partial charge in [0.15, 0.2) is 20.8 Å². The number of sulfone groups is 1. The molecule has 138 valence electrons. The van der Waals surface area contributed by atoms with Crippen LogP contribution in [0.3, 0.4) is 0 Å². The van der Waals surface area contributed by atoms with Crippen molar-refractivity contribution in [1.82, 2.24) is 4.98 Å². The third kappa shape index (κ3) is 4.13. The second-order valence-electron chi connectivity index (χ2n) is 7.00. The predicted octanol–water partition coefficient (Wildman–Crippen LogP) is 3.36. The van der Waals surface area contributed by atoms with Gasteiger partial charge in [-0.2, -0.15) is 0 Å². The van der Waals surface area contributed by atoms with Crippen molar-refractivity contribution in [2.75, 3.05) is 11.1 Å². The quantitative estimate of drug-likeness (QED) is 0.830. The van der Waals surface area contributed by atoms with Gasteiger partial charge in [0.2, 0.25) is 5.91 Å². The molecule has 0 saturated heterocycles. The molecule has 2 aromatic rings. The van der Waals surface area contributed by atoms with Gasteiger partial charge in [0.1, 0.15) is 5.75 Å². The van der Waals surface area contributed by atoms with Gasteiger partial charge in [-0.3, -0.25) is 9.59 Å². The molecule has 1 heterocycles. The standard InChI is InChI=1S/C17H17ClN2O4S2/c1-17(2)7-12-15(13(21)8-17)25-16(19-12)20-14(22)9-26(23,24)11-5-3-10(18)4-6-11/h3-6H,7-9H2,1-2H3,(H,19,20,22). The lowest BCUT2D eigenvalue weighted by Crippen LogP contribution is -2.26. The Morgan fingerprint density at radius 2 is 1.92 bits per heavy atom. The second kappa shape index (κ2) is 6.75. The van der Waals surface area contributed by atoms with Crippen LogP contribution in [-0.2, 0) is 21.1 Å². The molecule has 1 aliphatic carbocycles. The highest BCUT2D eigenvalue weighted by molar-refractivity contribution is 7.92. The van der Waals surface area contributed by atoms with Crippen molar-refractivity contribution in [2.45, 2.75) is 31.6 Å². The summed E-state index contributed by atoms with van der Waals surface area (Å²) < 4.78 is 24.6. The van der Waals surface area contributed by atoms with Crippen LogP contribution in [0.4, 0.5) is 5.13 Å². The number of aromatic nitrogens is 1. The maximum Gasteiger partial charge on any atom is 0.241 e. The van der Waals surface area contributed by atoms with Crippen molar-refractivity contribution in [2.24, 2.45) is 5.41 Å². The molecule has 9 heteroatoms. The summed E-state index contributed by atoms with van der Waals surface area (Å²) in [4.78, 5) is 29.2. The first kappa shape index (κ1) is 19.0. The van der Waals surface area contributed by atoms with Gasteiger partial charge >= 0.3 is 0 Å². The molecule has 3 rings (SSSR count). The Hall–Kier alpha value is -1.77. The normalized spacial score (nSPS) is 16.2. The molecule has 0 radical (unpaired) electrons. The minimum absolute atomic E-state index is 0.00281. The van der Waals surface area contributed by atoms with Gasteiger partial charge in [-0.25, -0.2) is 13.4 Å². The van der Waals surface area contributed by atoms with E-state index >= 15 is 0 Å². The number of hydrogen-bond acceptors (Lipinski definition) is 6. The summed E-state index contributed by atoms with van der Waals surface area (Å²) in [5.41, 5.74) is 0.490. The monoisotopic (exact) mass is 412 g/mol. The lowest BCUT2D eigenvalue weighted by molar-refractivity contribution is -0.113. The summed E-state index contributed by atoms with van der Waals surface area (Å²) in [6, 6.07) is 5.62. The first-order chi connectivity index (χ1) is 12.1. The Morgan fingerprint density at radius 1 is 1.27 bits per heavy atom. The number of anilines is 1. The second-order valence-corrected chi connectivity index (χ2v) is 10.4. The van der Waals surface area contributed by atoms with E-state index in [-0.39, 0.29) is 21.2 Å². The SMILES string of the molecule is CC1(C)CC(=O)c2sc(NC(=O)CS(=O)(=O)c3ccc(Cl)cc3)nc2C1. The number of nitrogens with zero attached hydrogens (tertiary/aromatic N) is 1. The van der Waals surface area contributed by atoms with Crippen LogP contribution in [0, 0.1) is 5.41 Å². The predicted molar refractivity (Wildman–Crippen MR) is 101 cm³/mol. The van der Waals surface area contributed by atoms with Crippen molar-refractivity contribution in [1.29, 1.82) is 0 Å². The van der Waals surface area contributed by atoms with Crippen molar-refractivity contribution in [3.8, 4) is 0 Å². The van der Waals surface area contributed by atoms with Crippen molar-refractivity contribution in [3.05, 3.63) is 39.9 Å². The minimum Gasteiger partial charge on any atom is -0.301 e. The van der Waals surface area contributed by atoms with Crippen LogP contribution in [0.25, 0.3) is 0 Å². The molecule has 0 spiro atoms. The molecule has 0 bridgehead atoms. The van der Waals surface area contributed by atoms with E-state index in [4.69, 9.17) is 11.6 Å². The fourth-order valence-corrected chi connectivity index (χ4v) is 5.02. The fourth-order valence-electron chi connectivity index (χ4n) is 2.83. The topological polar surface area (TPSA) is 93.2 Å². The maximum absolute atomic E-state index is 12.3. The van der Waals surface area contributed by atoms with Gasteiger partial charge in [0, 0.05) is 11.4 Å². The highest BCUT2D eigenvalue weighted by Gasteiger charge is 2.34. The number of nitrogens with one attached hydrogen (secondary N) is 1. The van der Waals surface area contributed by atoms with Crippen molar-refractivity contribution >= 4 is 49.6 Å². The molecule has 1 N–H and O–H groups in total. The molecular formula is C17H17ClN2O4S2. The third-order valence-corrected chi connectivity index (χ3v) is 6.91. The van der Waals surface area contributed by atoms with Crippen LogP contribution >= 0.6 is 22.9 Å². The molecular weight excluding hydrogens is 396 g/mol. The van der Waals surface area contributed by atoms with E-state index in [1.807, 2.05) is 13.8 Å². The van der Waals surface area contributed by atoms with Crippen LogP contribution in [-0.4, -0.2) is 30.8 Å². The molecule has 0 aliphatic heterocycles. The lowest BCUT2D eigenvalue weighted by atomic mass is 9.78. The number of fused-ring (bicyclic) bond motifs is 1. The van der Waals surface area contributed by atoms with Crippen LogP contribution < -0.4 is 5.32 Å². The zero-order chi connectivity index (χ0) is 19.1. The van der Waals surface area contributed by atoms with Crippen molar-refractivity contribution in [3.63, 3.8) is 0 Å². The number of thiazole rings is 1. The molecule has 0 unspecified atom stereocenters. The number of rotatable bonds is 4.